The summed E-state index contributed by atoms with van der Waals surface area (Å²) in [5, 5.41) is 23.8. The molecule has 0 unspecified atom stereocenters. The Morgan fingerprint density at radius 1 is 0.909 bits per heavy atom. The Hall–Kier alpha value is 0.106. The van der Waals surface area contributed by atoms with Crippen molar-refractivity contribution in [1.82, 2.24) is 0 Å². The number of rotatable bonds is 3. The van der Waals surface area contributed by atoms with Crippen LogP contribution in [0.2, 0.25) is 0 Å². The third-order valence-corrected chi connectivity index (χ3v) is 4.12. The Bertz CT molecular complexity index is 653. The normalized spacial score (nSPS) is 10.1. The van der Waals surface area contributed by atoms with Crippen molar-refractivity contribution in [2.45, 2.75) is 10.1 Å². The molecule has 2 aromatic rings. The molecule has 0 aliphatic rings. The Labute approximate surface area is 179 Å². The van der Waals surface area contributed by atoms with E-state index in [2.05, 4.69) is 0 Å². The zero-order chi connectivity index (χ0) is 15.9. The van der Waals surface area contributed by atoms with Crippen LogP contribution in [0.15, 0.2) is 58.8 Å². The molecular formula is C10H11KN2O6S3. The maximum atomic E-state index is 11.3. The van der Waals surface area contributed by atoms with E-state index in [0.717, 1.165) is 9.46 Å². The minimum absolute atomic E-state index is 0. The van der Waals surface area contributed by atoms with Gasteiger partial charge >= 0.3 is 61.8 Å². The molecule has 0 aliphatic heterocycles. The van der Waals surface area contributed by atoms with Crippen molar-refractivity contribution >= 4 is 32.0 Å². The summed E-state index contributed by atoms with van der Waals surface area (Å²) >= 11 is 0. The van der Waals surface area contributed by atoms with Gasteiger partial charge in [0.2, 0.25) is 0 Å². The number of hydrogen-bond donors (Lipinski definition) is 2. The molecule has 2 heterocycles. The molecule has 0 amide bonds. The molecule has 0 spiro atoms. The van der Waals surface area contributed by atoms with Crippen molar-refractivity contribution in [3.05, 3.63) is 59.2 Å². The first-order valence-electron chi connectivity index (χ1n) is 5.18. The fourth-order valence-electron chi connectivity index (χ4n) is 1.04. The topological polar surface area (TPSA) is 128 Å². The fraction of sp³-hybridized carbons (Fsp3) is 0. The van der Waals surface area contributed by atoms with Gasteiger partial charge in [0, 0.05) is 45.9 Å². The summed E-state index contributed by atoms with van der Waals surface area (Å²) in [6.07, 6.45) is 2.86. The van der Waals surface area contributed by atoms with Gasteiger partial charge < -0.3 is 11.8 Å². The van der Waals surface area contributed by atoms with E-state index in [1.54, 1.807) is 36.4 Å². The third kappa shape index (κ3) is 9.99. The summed E-state index contributed by atoms with van der Waals surface area (Å²) in [5.41, 5.74) is 0. The van der Waals surface area contributed by atoms with Gasteiger partial charge in [-0.15, -0.1) is 0 Å². The molecule has 0 saturated carbocycles. The van der Waals surface area contributed by atoms with Crippen LogP contribution in [-0.2, 0) is 10.4 Å². The number of nitrogens with zero attached hydrogens (tertiary/aromatic N) is 2. The monoisotopic (exact) mass is 390 g/mol. The molecule has 22 heavy (non-hydrogen) atoms. The van der Waals surface area contributed by atoms with Crippen molar-refractivity contribution in [3.63, 3.8) is 0 Å². The second kappa shape index (κ2) is 10.8. The Kier molecular flexibility index (Phi) is 10.9. The van der Waals surface area contributed by atoms with Crippen LogP contribution in [0.1, 0.15) is 1.43 Å². The summed E-state index contributed by atoms with van der Waals surface area (Å²) in [5.74, 6) is 0. The van der Waals surface area contributed by atoms with E-state index in [4.69, 9.17) is 17.5 Å². The van der Waals surface area contributed by atoms with Crippen LogP contribution >= 0.6 is 21.6 Å². The summed E-state index contributed by atoms with van der Waals surface area (Å²) in [6.45, 7) is 0. The first-order chi connectivity index (χ1) is 9.77. The van der Waals surface area contributed by atoms with E-state index in [1.165, 1.54) is 34.0 Å². The summed E-state index contributed by atoms with van der Waals surface area (Å²) in [6, 6.07) is 10.3. The average Bonchev–Trinajstić information content (AvgIpc) is 2.37. The summed E-state index contributed by atoms with van der Waals surface area (Å²) in [7, 11) is -2.15. The SMILES string of the molecule is O=S(=O)(O)O.[H-].[K+].[O-][n+]1ccccc1SSc1cccc[n+]1[O-]. The van der Waals surface area contributed by atoms with Gasteiger partial charge in [0.1, 0.15) is 0 Å². The number of hydrogen-bond acceptors (Lipinski definition) is 6. The van der Waals surface area contributed by atoms with Crippen molar-refractivity contribution in [2.24, 2.45) is 0 Å². The maximum Gasteiger partial charge on any atom is 1.00 e. The maximum absolute atomic E-state index is 11.3. The van der Waals surface area contributed by atoms with Crippen LogP contribution in [0.5, 0.6) is 0 Å². The zero-order valence-electron chi connectivity index (χ0n) is 12.3. The molecule has 0 atom stereocenters. The van der Waals surface area contributed by atoms with Gasteiger partial charge in [0.05, 0.1) is 0 Å². The first kappa shape index (κ1) is 22.1. The molecule has 2 rings (SSSR count). The van der Waals surface area contributed by atoms with Gasteiger partial charge in [0.25, 0.3) is 10.1 Å². The molecule has 0 fully saturated rings. The van der Waals surface area contributed by atoms with Crippen molar-refractivity contribution in [1.29, 1.82) is 0 Å². The standard InChI is InChI=1S/C10H8N2O2S2.K.H2O4S.H/c13-11-7-3-1-5-9(11)15-16-10-6-2-4-8-12(10)14;;1-5(2,3)4;/h1-8H;;(H2,1,2,3,4);/q;+1;;-1. The second-order valence-electron chi connectivity index (χ2n) is 3.34. The summed E-state index contributed by atoms with van der Waals surface area (Å²) in [4.78, 5) is 0. The molecule has 8 nitrogen and oxygen atoms in total. The van der Waals surface area contributed by atoms with E-state index in [-0.39, 0.29) is 52.8 Å². The molecule has 0 radical (unpaired) electrons. The van der Waals surface area contributed by atoms with Crippen molar-refractivity contribution in [2.75, 3.05) is 0 Å². The van der Waals surface area contributed by atoms with Crippen LogP contribution < -0.4 is 60.8 Å². The average molecular weight is 391 g/mol. The zero-order valence-corrected chi connectivity index (χ0v) is 16.8. The fourth-order valence-corrected chi connectivity index (χ4v) is 3.03. The van der Waals surface area contributed by atoms with Crippen LogP contribution in [0.25, 0.3) is 0 Å². The molecule has 2 aromatic heterocycles. The van der Waals surface area contributed by atoms with Crippen LogP contribution in [-0.4, -0.2) is 17.5 Å². The Morgan fingerprint density at radius 2 is 1.23 bits per heavy atom. The van der Waals surface area contributed by atoms with Crippen molar-refractivity contribution < 1.29 is 79.8 Å². The first-order valence-corrected chi connectivity index (χ1v) is 8.73. The molecule has 0 aromatic carbocycles. The van der Waals surface area contributed by atoms with E-state index in [0.29, 0.717) is 10.1 Å². The van der Waals surface area contributed by atoms with Gasteiger partial charge in [-0.25, -0.2) is 0 Å². The van der Waals surface area contributed by atoms with Gasteiger partial charge in [-0.3, -0.25) is 9.11 Å². The predicted octanol–water partition coefficient (Wildman–Crippen LogP) is -1.78. The molecule has 0 aliphatic carbocycles. The van der Waals surface area contributed by atoms with Gasteiger partial charge in [-0.1, -0.05) is 0 Å². The van der Waals surface area contributed by atoms with E-state index in [9.17, 15) is 10.4 Å². The van der Waals surface area contributed by atoms with Gasteiger partial charge in [-0.2, -0.15) is 17.9 Å². The minimum Gasteiger partial charge on any atom is -1.00 e. The second-order valence-corrected chi connectivity index (χ2v) is 6.41. The van der Waals surface area contributed by atoms with Crippen molar-refractivity contribution in [3.8, 4) is 0 Å². The minimum atomic E-state index is -4.67. The van der Waals surface area contributed by atoms with Gasteiger partial charge in [0.15, 0.2) is 12.4 Å². The largest absolute Gasteiger partial charge is 1.00 e. The smallest absolute Gasteiger partial charge is 1.00 e. The van der Waals surface area contributed by atoms with Gasteiger partial charge in [-0.05, 0) is 12.1 Å². The molecule has 0 bridgehead atoms. The predicted molar refractivity (Wildman–Crippen MR) is 77.8 cm³/mol. The Morgan fingerprint density at radius 3 is 1.50 bits per heavy atom. The van der Waals surface area contributed by atoms with E-state index >= 15 is 0 Å². The Balaban J connectivity index is 0. The summed E-state index contributed by atoms with van der Waals surface area (Å²) < 4.78 is 33.1. The van der Waals surface area contributed by atoms with Crippen LogP contribution in [0, 0.1) is 10.4 Å². The quantitative estimate of drug-likeness (QED) is 0.207. The molecule has 2 N–H and O–H groups in total. The number of pyridine rings is 2. The molecular weight excluding hydrogens is 379 g/mol. The number of aromatic nitrogens is 2. The molecule has 0 saturated heterocycles. The van der Waals surface area contributed by atoms with Crippen LogP contribution in [0.3, 0.4) is 0 Å². The molecule has 116 valence electrons. The van der Waals surface area contributed by atoms with Crippen LogP contribution in [0.4, 0.5) is 0 Å². The third-order valence-electron chi connectivity index (χ3n) is 1.79. The van der Waals surface area contributed by atoms with E-state index in [1.807, 2.05) is 0 Å². The molecule has 12 heteroatoms. The van der Waals surface area contributed by atoms with E-state index < -0.39 is 10.4 Å².